The second kappa shape index (κ2) is 7.33. The van der Waals surface area contributed by atoms with Crippen LogP contribution in [0.2, 0.25) is 0 Å². The van der Waals surface area contributed by atoms with Crippen molar-refractivity contribution in [1.29, 1.82) is 0 Å². The summed E-state index contributed by atoms with van der Waals surface area (Å²) >= 11 is 0. The van der Waals surface area contributed by atoms with Crippen LogP contribution in [-0.2, 0) is 6.42 Å². The molecule has 0 fully saturated rings. The molecule has 0 saturated carbocycles. The van der Waals surface area contributed by atoms with Crippen LogP contribution >= 0.6 is 0 Å². The lowest BCUT2D eigenvalue weighted by Gasteiger charge is -2.16. The maximum atomic E-state index is 5.83. The van der Waals surface area contributed by atoms with Crippen molar-refractivity contribution in [3.8, 4) is 0 Å². The topological polar surface area (TPSA) is 25.2 Å². The molecule has 1 aromatic heterocycles. The number of nitrogens with one attached hydrogen (secondary N) is 1. The van der Waals surface area contributed by atoms with Crippen LogP contribution in [-0.4, -0.2) is 6.54 Å². The predicted molar refractivity (Wildman–Crippen MR) is 73.2 cm³/mol. The van der Waals surface area contributed by atoms with Crippen LogP contribution < -0.4 is 5.32 Å². The van der Waals surface area contributed by atoms with E-state index in [4.69, 9.17) is 4.42 Å². The summed E-state index contributed by atoms with van der Waals surface area (Å²) < 4.78 is 5.83. The zero-order valence-electron chi connectivity index (χ0n) is 11.4. The number of furan rings is 1. The zero-order chi connectivity index (χ0) is 12.7. The molecule has 1 unspecified atom stereocenters. The van der Waals surface area contributed by atoms with Gasteiger partial charge in [0.25, 0.3) is 0 Å². The van der Waals surface area contributed by atoms with Crippen molar-refractivity contribution in [3.63, 3.8) is 0 Å². The van der Waals surface area contributed by atoms with Crippen LogP contribution in [0, 0.1) is 0 Å². The highest BCUT2D eigenvalue weighted by atomic mass is 16.3. The molecule has 2 heteroatoms. The fourth-order valence-electron chi connectivity index (χ4n) is 1.83. The SMILES string of the molecule is C=C(C)CCC(NCCC)c1ccc(CC)o1. The van der Waals surface area contributed by atoms with Crippen LogP contribution in [0.1, 0.15) is 57.6 Å². The van der Waals surface area contributed by atoms with Crippen LogP contribution in [0.4, 0.5) is 0 Å². The van der Waals surface area contributed by atoms with E-state index in [0.29, 0.717) is 6.04 Å². The summed E-state index contributed by atoms with van der Waals surface area (Å²) in [6.07, 6.45) is 4.21. The molecule has 2 nitrogen and oxygen atoms in total. The van der Waals surface area contributed by atoms with E-state index < -0.39 is 0 Å². The Kier molecular flexibility index (Phi) is 6.06. The first-order valence-electron chi connectivity index (χ1n) is 6.63. The lowest BCUT2D eigenvalue weighted by molar-refractivity contribution is 0.380. The summed E-state index contributed by atoms with van der Waals surface area (Å²) in [4.78, 5) is 0. The molecular formula is C15H25NO. The van der Waals surface area contributed by atoms with Gasteiger partial charge >= 0.3 is 0 Å². The summed E-state index contributed by atoms with van der Waals surface area (Å²) in [6, 6.07) is 4.51. The highest BCUT2D eigenvalue weighted by Gasteiger charge is 2.14. The number of allylic oxidation sites excluding steroid dienone is 1. The fraction of sp³-hybridized carbons (Fsp3) is 0.600. The summed E-state index contributed by atoms with van der Waals surface area (Å²) in [7, 11) is 0. The van der Waals surface area contributed by atoms with Crippen molar-refractivity contribution in [2.75, 3.05) is 6.54 Å². The molecule has 0 radical (unpaired) electrons. The molecule has 1 N–H and O–H groups in total. The first kappa shape index (κ1) is 14.0. The summed E-state index contributed by atoms with van der Waals surface area (Å²) in [5.74, 6) is 2.13. The molecule has 0 bridgehead atoms. The van der Waals surface area contributed by atoms with E-state index in [0.717, 1.165) is 43.7 Å². The third-order valence-corrected chi connectivity index (χ3v) is 2.87. The minimum absolute atomic E-state index is 0.326. The lowest BCUT2D eigenvalue weighted by atomic mass is 10.1. The van der Waals surface area contributed by atoms with E-state index >= 15 is 0 Å². The van der Waals surface area contributed by atoms with Crippen LogP contribution in [0.15, 0.2) is 28.7 Å². The first-order valence-corrected chi connectivity index (χ1v) is 6.63. The molecule has 1 rings (SSSR count). The number of hydrogen-bond acceptors (Lipinski definition) is 2. The van der Waals surface area contributed by atoms with E-state index in [1.807, 2.05) is 0 Å². The third-order valence-electron chi connectivity index (χ3n) is 2.87. The van der Waals surface area contributed by atoms with Crippen molar-refractivity contribution in [2.45, 2.75) is 52.5 Å². The van der Waals surface area contributed by atoms with Gasteiger partial charge in [0.05, 0.1) is 6.04 Å². The van der Waals surface area contributed by atoms with Crippen molar-refractivity contribution >= 4 is 0 Å². The molecule has 17 heavy (non-hydrogen) atoms. The second-order valence-corrected chi connectivity index (χ2v) is 4.66. The predicted octanol–water partition coefficient (Wildman–Crippen LogP) is 4.24. The lowest BCUT2D eigenvalue weighted by Crippen LogP contribution is -2.21. The van der Waals surface area contributed by atoms with Gasteiger partial charge in [0.2, 0.25) is 0 Å². The quantitative estimate of drug-likeness (QED) is 0.682. The van der Waals surface area contributed by atoms with E-state index in [9.17, 15) is 0 Å². The van der Waals surface area contributed by atoms with Crippen molar-refractivity contribution in [2.24, 2.45) is 0 Å². The molecule has 1 atom stereocenters. The Labute approximate surface area is 105 Å². The fourth-order valence-corrected chi connectivity index (χ4v) is 1.83. The van der Waals surface area contributed by atoms with Crippen molar-refractivity contribution < 1.29 is 4.42 Å². The minimum atomic E-state index is 0.326. The van der Waals surface area contributed by atoms with Gasteiger partial charge in [-0.1, -0.05) is 19.4 Å². The summed E-state index contributed by atoms with van der Waals surface area (Å²) in [6.45, 7) is 11.4. The number of rotatable bonds is 8. The van der Waals surface area contributed by atoms with Gasteiger partial charge in [0, 0.05) is 6.42 Å². The molecule has 1 heterocycles. The monoisotopic (exact) mass is 235 g/mol. The van der Waals surface area contributed by atoms with E-state index in [2.05, 4.69) is 44.8 Å². The summed E-state index contributed by atoms with van der Waals surface area (Å²) in [5.41, 5.74) is 1.23. The molecule has 0 aliphatic heterocycles. The van der Waals surface area contributed by atoms with Gasteiger partial charge in [0.15, 0.2) is 0 Å². The Bertz CT molecular complexity index is 340. The van der Waals surface area contributed by atoms with Crippen LogP contribution in [0.3, 0.4) is 0 Å². The van der Waals surface area contributed by atoms with E-state index in [-0.39, 0.29) is 0 Å². The average molecular weight is 235 g/mol. The first-order chi connectivity index (χ1) is 8.17. The smallest absolute Gasteiger partial charge is 0.121 e. The van der Waals surface area contributed by atoms with Gasteiger partial charge in [-0.05, 0) is 44.9 Å². The molecular weight excluding hydrogens is 210 g/mol. The molecule has 0 saturated heterocycles. The standard InChI is InChI=1S/C15H25NO/c1-5-11-16-14(9-7-12(3)4)15-10-8-13(6-2)17-15/h8,10,14,16H,3,5-7,9,11H2,1-2,4H3. The maximum absolute atomic E-state index is 5.83. The van der Waals surface area contributed by atoms with Gasteiger partial charge in [-0.25, -0.2) is 0 Å². The van der Waals surface area contributed by atoms with Crippen LogP contribution in [0.25, 0.3) is 0 Å². The van der Waals surface area contributed by atoms with Gasteiger partial charge < -0.3 is 9.73 Å². The minimum Gasteiger partial charge on any atom is -0.464 e. The Morgan fingerprint density at radius 1 is 1.41 bits per heavy atom. The molecule has 96 valence electrons. The molecule has 0 aliphatic rings. The van der Waals surface area contributed by atoms with Crippen LogP contribution in [0.5, 0.6) is 0 Å². The zero-order valence-corrected chi connectivity index (χ0v) is 11.4. The molecule has 0 spiro atoms. The number of aryl methyl sites for hydroxylation is 1. The normalized spacial score (nSPS) is 12.6. The summed E-state index contributed by atoms with van der Waals surface area (Å²) in [5, 5.41) is 3.54. The van der Waals surface area contributed by atoms with Gasteiger partial charge in [0.1, 0.15) is 11.5 Å². The largest absolute Gasteiger partial charge is 0.464 e. The second-order valence-electron chi connectivity index (χ2n) is 4.66. The Hall–Kier alpha value is -1.02. The highest BCUT2D eigenvalue weighted by molar-refractivity contribution is 5.11. The highest BCUT2D eigenvalue weighted by Crippen LogP contribution is 2.23. The Morgan fingerprint density at radius 3 is 2.71 bits per heavy atom. The molecule has 0 amide bonds. The molecule has 0 aromatic carbocycles. The van der Waals surface area contributed by atoms with Gasteiger partial charge in [-0.2, -0.15) is 0 Å². The van der Waals surface area contributed by atoms with E-state index in [1.54, 1.807) is 0 Å². The Morgan fingerprint density at radius 2 is 2.18 bits per heavy atom. The average Bonchev–Trinajstić information content (AvgIpc) is 2.77. The van der Waals surface area contributed by atoms with Gasteiger partial charge in [-0.3, -0.25) is 0 Å². The van der Waals surface area contributed by atoms with Gasteiger partial charge in [-0.15, -0.1) is 6.58 Å². The Balaban J connectivity index is 2.63. The molecule has 0 aliphatic carbocycles. The number of hydrogen-bond donors (Lipinski definition) is 1. The maximum Gasteiger partial charge on any atom is 0.121 e. The van der Waals surface area contributed by atoms with Crippen molar-refractivity contribution in [3.05, 3.63) is 35.8 Å². The third kappa shape index (κ3) is 4.78. The van der Waals surface area contributed by atoms with E-state index in [1.165, 1.54) is 5.57 Å². The van der Waals surface area contributed by atoms with Crippen molar-refractivity contribution in [1.82, 2.24) is 5.32 Å². The molecule has 1 aromatic rings.